The number of pyridine rings is 1. The molecule has 0 atom stereocenters. The molecule has 0 saturated heterocycles. The number of ether oxygens (including phenoxy) is 1. The van der Waals surface area contributed by atoms with Crippen molar-refractivity contribution in [3.63, 3.8) is 0 Å². The molecule has 0 fully saturated rings. The molecule has 0 aliphatic rings. The molecule has 0 aliphatic carbocycles. The summed E-state index contributed by atoms with van der Waals surface area (Å²) in [4.78, 5) is 4.44. The predicted molar refractivity (Wildman–Crippen MR) is 73.2 cm³/mol. The summed E-state index contributed by atoms with van der Waals surface area (Å²) in [5.74, 6) is 1.53. The van der Waals surface area contributed by atoms with Gasteiger partial charge in [0.25, 0.3) is 0 Å². The summed E-state index contributed by atoms with van der Waals surface area (Å²) in [6.07, 6.45) is 1.91. The molecule has 2 aromatic heterocycles. The Kier molecular flexibility index (Phi) is 2.91. The van der Waals surface area contributed by atoms with Crippen LogP contribution in [0.25, 0.3) is 5.65 Å². The molecule has 3 rings (SSSR count). The van der Waals surface area contributed by atoms with Gasteiger partial charge in [0.15, 0.2) is 11.5 Å². The summed E-state index contributed by atoms with van der Waals surface area (Å²) in [6.45, 7) is 4.46. The zero-order chi connectivity index (χ0) is 13.2. The third-order valence-corrected chi connectivity index (χ3v) is 2.89. The van der Waals surface area contributed by atoms with Crippen LogP contribution in [0.3, 0.4) is 0 Å². The van der Waals surface area contributed by atoms with Gasteiger partial charge in [-0.25, -0.2) is 9.50 Å². The van der Waals surface area contributed by atoms with Crippen molar-refractivity contribution in [3.05, 3.63) is 59.5 Å². The molecule has 1 aromatic carbocycles. The van der Waals surface area contributed by atoms with E-state index in [1.165, 1.54) is 11.1 Å². The Bertz CT molecular complexity index is 718. The van der Waals surface area contributed by atoms with Gasteiger partial charge in [0, 0.05) is 6.20 Å². The van der Waals surface area contributed by atoms with Gasteiger partial charge in [-0.05, 0) is 49.2 Å². The van der Waals surface area contributed by atoms with E-state index in [1.54, 1.807) is 4.52 Å². The van der Waals surface area contributed by atoms with Crippen molar-refractivity contribution < 1.29 is 4.74 Å². The molecule has 19 heavy (non-hydrogen) atoms. The normalized spacial score (nSPS) is 10.8. The standard InChI is InChI=1S/C15H15N3O/c1-11-4-3-5-13(8-11)19-10-14-16-15-9-12(2)6-7-18(15)17-14/h3-9H,10H2,1-2H3. The van der Waals surface area contributed by atoms with Crippen molar-refractivity contribution >= 4 is 5.65 Å². The fourth-order valence-electron chi connectivity index (χ4n) is 1.94. The zero-order valence-electron chi connectivity index (χ0n) is 11.0. The Labute approximate surface area is 111 Å². The van der Waals surface area contributed by atoms with Gasteiger partial charge in [0.2, 0.25) is 0 Å². The number of rotatable bonds is 3. The van der Waals surface area contributed by atoms with E-state index in [4.69, 9.17) is 4.74 Å². The number of benzene rings is 1. The quantitative estimate of drug-likeness (QED) is 0.720. The van der Waals surface area contributed by atoms with Crippen LogP contribution in [0, 0.1) is 13.8 Å². The van der Waals surface area contributed by atoms with Gasteiger partial charge in [-0.2, -0.15) is 0 Å². The molecule has 0 aliphatic heterocycles. The van der Waals surface area contributed by atoms with E-state index in [0.29, 0.717) is 12.4 Å². The third-order valence-electron chi connectivity index (χ3n) is 2.89. The first-order valence-electron chi connectivity index (χ1n) is 6.22. The van der Waals surface area contributed by atoms with E-state index in [1.807, 2.05) is 56.4 Å². The summed E-state index contributed by atoms with van der Waals surface area (Å²) in [7, 11) is 0. The predicted octanol–water partition coefficient (Wildman–Crippen LogP) is 2.93. The van der Waals surface area contributed by atoms with Crippen LogP contribution in [0.1, 0.15) is 17.0 Å². The highest BCUT2D eigenvalue weighted by atomic mass is 16.5. The first-order chi connectivity index (χ1) is 9.20. The highest BCUT2D eigenvalue weighted by Gasteiger charge is 2.04. The molecule has 0 bridgehead atoms. The van der Waals surface area contributed by atoms with Crippen LogP contribution >= 0.6 is 0 Å². The minimum absolute atomic E-state index is 0.379. The first-order valence-corrected chi connectivity index (χ1v) is 6.22. The van der Waals surface area contributed by atoms with Crippen LogP contribution in [0.2, 0.25) is 0 Å². The minimum atomic E-state index is 0.379. The summed E-state index contributed by atoms with van der Waals surface area (Å²) < 4.78 is 7.46. The number of hydrogen-bond acceptors (Lipinski definition) is 3. The number of nitrogens with zero attached hydrogens (tertiary/aromatic N) is 3. The van der Waals surface area contributed by atoms with E-state index in [2.05, 4.69) is 10.1 Å². The lowest BCUT2D eigenvalue weighted by molar-refractivity contribution is 0.296. The molecular formula is C15H15N3O. The van der Waals surface area contributed by atoms with Crippen molar-refractivity contribution in [2.45, 2.75) is 20.5 Å². The summed E-state index contributed by atoms with van der Waals surface area (Å²) >= 11 is 0. The zero-order valence-corrected chi connectivity index (χ0v) is 11.0. The molecule has 0 unspecified atom stereocenters. The summed E-state index contributed by atoms with van der Waals surface area (Å²) in [5.41, 5.74) is 3.20. The van der Waals surface area contributed by atoms with Gasteiger partial charge < -0.3 is 4.74 Å². The maximum absolute atomic E-state index is 5.69. The van der Waals surface area contributed by atoms with Crippen molar-refractivity contribution in [2.75, 3.05) is 0 Å². The molecule has 4 heteroatoms. The molecule has 2 heterocycles. The van der Waals surface area contributed by atoms with Crippen molar-refractivity contribution in [1.82, 2.24) is 14.6 Å². The van der Waals surface area contributed by atoms with Gasteiger partial charge in [-0.3, -0.25) is 0 Å². The van der Waals surface area contributed by atoms with Gasteiger partial charge in [-0.15, -0.1) is 5.10 Å². The number of aryl methyl sites for hydroxylation is 2. The topological polar surface area (TPSA) is 39.4 Å². The van der Waals surface area contributed by atoms with E-state index >= 15 is 0 Å². The fourth-order valence-corrected chi connectivity index (χ4v) is 1.94. The Morgan fingerprint density at radius 1 is 1.11 bits per heavy atom. The van der Waals surface area contributed by atoms with Crippen LogP contribution in [0.4, 0.5) is 0 Å². The molecule has 4 nitrogen and oxygen atoms in total. The second kappa shape index (κ2) is 4.72. The van der Waals surface area contributed by atoms with E-state index in [-0.39, 0.29) is 0 Å². The second-order valence-electron chi connectivity index (χ2n) is 4.64. The Hall–Kier alpha value is -2.36. The van der Waals surface area contributed by atoms with Gasteiger partial charge in [0.1, 0.15) is 12.4 Å². The van der Waals surface area contributed by atoms with E-state index in [9.17, 15) is 0 Å². The van der Waals surface area contributed by atoms with E-state index in [0.717, 1.165) is 11.4 Å². The van der Waals surface area contributed by atoms with Crippen molar-refractivity contribution in [2.24, 2.45) is 0 Å². The van der Waals surface area contributed by atoms with Gasteiger partial charge >= 0.3 is 0 Å². The van der Waals surface area contributed by atoms with Crippen LogP contribution in [0.15, 0.2) is 42.6 Å². The molecular weight excluding hydrogens is 238 g/mol. The molecule has 0 amide bonds. The second-order valence-corrected chi connectivity index (χ2v) is 4.64. The number of fused-ring (bicyclic) bond motifs is 1. The summed E-state index contributed by atoms with van der Waals surface area (Å²) in [5, 5.41) is 4.37. The Morgan fingerprint density at radius 2 is 1.95 bits per heavy atom. The number of aromatic nitrogens is 3. The Balaban J connectivity index is 1.78. The lowest BCUT2D eigenvalue weighted by atomic mass is 10.2. The lowest BCUT2D eigenvalue weighted by Gasteiger charge is -2.03. The van der Waals surface area contributed by atoms with Gasteiger partial charge in [0.05, 0.1) is 0 Å². The highest BCUT2D eigenvalue weighted by Crippen LogP contribution is 2.14. The molecule has 0 saturated carbocycles. The summed E-state index contributed by atoms with van der Waals surface area (Å²) in [6, 6.07) is 12.0. The average Bonchev–Trinajstić information content (AvgIpc) is 2.78. The molecule has 3 aromatic rings. The molecule has 96 valence electrons. The monoisotopic (exact) mass is 253 g/mol. The van der Waals surface area contributed by atoms with E-state index < -0.39 is 0 Å². The minimum Gasteiger partial charge on any atom is -0.486 e. The molecule has 0 radical (unpaired) electrons. The first kappa shape index (κ1) is 11.7. The highest BCUT2D eigenvalue weighted by molar-refractivity contribution is 5.40. The lowest BCUT2D eigenvalue weighted by Crippen LogP contribution is -1.98. The van der Waals surface area contributed by atoms with Crippen molar-refractivity contribution in [1.29, 1.82) is 0 Å². The van der Waals surface area contributed by atoms with Crippen LogP contribution < -0.4 is 4.74 Å². The maximum atomic E-state index is 5.69. The smallest absolute Gasteiger partial charge is 0.189 e. The van der Waals surface area contributed by atoms with Crippen molar-refractivity contribution in [3.8, 4) is 5.75 Å². The Morgan fingerprint density at radius 3 is 2.79 bits per heavy atom. The largest absolute Gasteiger partial charge is 0.486 e. The SMILES string of the molecule is Cc1cccc(OCc2nc3cc(C)ccn3n2)c1. The maximum Gasteiger partial charge on any atom is 0.189 e. The molecule has 0 spiro atoms. The fraction of sp³-hybridized carbons (Fsp3) is 0.200. The number of hydrogen-bond donors (Lipinski definition) is 0. The molecule has 0 N–H and O–H groups in total. The average molecular weight is 253 g/mol. The van der Waals surface area contributed by atoms with Crippen LogP contribution in [-0.2, 0) is 6.61 Å². The third kappa shape index (κ3) is 2.57. The van der Waals surface area contributed by atoms with Crippen LogP contribution in [0.5, 0.6) is 5.75 Å². The van der Waals surface area contributed by atoms with Gasteiger partial charge in [-0.1, -0.05) is 12.1 Å². The van der Waals surface area contributed by atoms with Crippen LogP contribution in [-0.4, -0.2) is 14.6 Å².